The van der Waals surface area contributed by atoms with E-state index in [0.717, 1.165) is 36.8 Å². The molecule has 1 fully saturated rings. The van der Waals surface area contributed by atoms with Gasteiger partial charge in [0.25, 0.3) is 11.8 Å². The Balaban J connectivity index is 1.49. The SMILES string of the molecule is COc1ccccc1C(=O)NCC1=CCC(c2nn(C3CCCC3)c(N)c2C(N)=O)C=C1C. The lowest BCUT2D eigenvalue weighted by atomic mass is 9.87. The second-order valence-corrected chi connectivity index (χ2v) is 8.70. The molecule has 1 unspecified atom stereocenters. The predicted octanol–water partition coefficient (Wildman–Crippen LogP) is 3.48. The van der Waals surface area contributed by atoms with E-state index in [1.807, 2.05) is 13.0 Å². The third-order valence-electron chi connectivity index (χ3n) is 6.61. The number of nitrogen functional groups attached to an aromatic ring is 1. The summed E-state index contributed by atoms with van der Waals surface area (Å²) >= 11 is 0. The van der Waals surface area contributed by atoms with Crippen LogP contribution >= 0.6 is 0 Å². The highest BCUT2D eigenvalue weighted by atomic mass is 16.5. The van der Waals surface area contributed by atoms with Crippen LogP contribution in [-0.4, -0.2) is 35.2 Å². The minimum Gasteiger partial charge on any atom is -0.496 e. The average molecular weight is 450 g/mol. The Morgan fingerprint density at radius 1 is 1.24 bits per heavy atom. The summed E-state index contributed by atoms with van der Waals surface area (Å²) in [4.78, 5) is 24.8. The summed E-state index contributed by atoms with van der Waals surface area (Å²) in [5.41, 5.74) is 15.5. The molecule has 1 aromatic heterocycles. The van der Waals surface area contributed by atoms with Crippen LogP contribution in [-0.2, 0) is 0 Å². The van der Waals surface area contributed by atoms with E-state index in [1.54, 1.807) is 30.0 Å². The fourth-order valence-corrected chi connectivity index (χ4v) is 4.82. The van der Waals surface area contributed by atoms with Gasteiger partial charge in [0.05, 0.1) is 24.4 Å². The monoisotopic (exact) mass is 449 g/mol. The molecule has 1 atom stereocenters. The number of anilines is 1. The Hall–Kier alpha value is -3.55. The van der Waals surface area contributed by atoms with Gasteiger partial charge in [0.2, 0.25) is 0 Å². The molecule has 174 valence electrons. The Morgan fingerprint density at radius 2 is 1.97 bits per heavy atom. The molecule has 2 amide bonds. The van der Waals surface area contributed by atoms with Crippen LogP contribution in [0.25, 0.3) is 0 Å². The zero-order valence-corrected chi connectivity index (χ0v) is 19.1. The maximum absolute atomic E-state index is 12.6. The molecule has 8 nitrogen and oxygen atoms in total. The highest BCUT2D eigenvalue weighted by Gasteiger charge is 2.30. The number of amides is 2. The minimum absolute atomic E-state index is 0.0916. The quantitative estimate of drug-likeness (QED) is 0.597. The van der Waals surface area contributed by atoms with Gasteiger partial charge >= 0.3 is 0 Å². The number of allylic oxidation sites excluding steroid dienone is 2. The molecule has 5 N–H and O–H groups in total. The van der Waals surface area contributed by atoms with Gasteiger partial charge in [0.1, 0.15) is 17.1 Å². The number of nitrogens with zero attached hydrogens (tertiary/aromatic N) is 2. The van der Waals surface area contributed by atoms with Gasteiger partial charge in [-0.15, -0.1) is 0 Å². The van der Waals surface area contributed by atoms with Crippen molar-refractivity contribution in [1.82, 2.24) is 15.1 Å². The van der Waals surface area contributed by atoms with Crippen LogP contribution in [0.5, 0.6) is 5.75 Å². The zero-order chi connectivity index (χ0) is 23.5. The first kappa shape index (κ1) is 22.6. The average Bonchev–Trinajstić information content (AvgIpc) is 3.45. The third kappa shape index (κ3) is 4.51. The fourth-order valence-electron chi connectivity index (χ4n) is 4.82. The number of para-hydroxylation sites is 1. The molecule has 1 aromatic carbocycles. The van der Waals surface area contributed by atoms with Crippen molar-refractivity contribution in [1.29, 1.82) is 0 Å². The molecule has 0 radical (unpaired) electrons. The van der Waals surface area contributed by atoms with E-state index in [-0.39, 0.29) is 17.9 Å². The van der Waals surface area contributed by atoms with Gasteiger partial charge in [-0.05, 0) is 49.5 Å². The summed E-state index contributed by atoms with van der Waals surface area (Å²) in [7, 11) is 1.55. The summed E-state index contributed by atoms with van der Waals surface area (Å²) in [5, 5.41) is 7.73. The molecule has 1 heterocycles. The van der Waals surface area contributed by atoms with E-state index in [9.17, 15) is 9.59 Å². The number of nitrogens with one attached hydrogen (secondary N) is 1. The number of benzene rings is 1. The summed E-state index contributed by atoms with van der Waals surface area (Å²) in [6.45, 7) is 2.39. The van der Waals surface area contributed by atoms with Crippen LogP contribution in [0.2, 0.25) is 0 Å². The number of nitrogens with two attached hydrogens (primary N) is 2. The lowest BCUT2D eigenvalue weighted by Gasteiger charge is -2.20. The molecule has 2 aliphatic rings. The summed E-state index contributed by atoms with van der Waals surface area (Å²) in [6.07, 6.45) is 9.12. The van der Waals surface area contributed by atoms with Crippen LogP contribution < -0.4 is 21.5 Å². The van der Waals surface area contributed by atoms with Gasteiger partial charge in [-0.3, -0.25) is 9.59 Å². The van der Waals surface area contributed by atoms with E-state index < -0.39 is 5.91 Å². The number of hydrogen-bond acceptors (Lipinski definition) is 5. The second kappa shape index (κ2) is 9.52. The van der Waals surface area contributed by atoms with Crippen LogP contribution in [0, 0.1) is 0 Å². The smallest absolute Gasteiger partial charge is 0.255 e. The molecule has 1 saturated carbocycles. The first-order chi connectivity index (χ1) is 15.9. The zero-order valence-electron chi connectivity index (χ0n) is 19.1. The van der Waals surface area contributed by atoms with Crippen molar-refractivity contribution in [3.05, 3.63) is 64.4 Å². The van der Waals surface area contributed by atoms with Crippen LogP contribution in [0.3, 0.4) is 0 Å². The number of ether oxygens (including phenoxy) is 1. The van der Waals surface area contributed by atoms with E-state index in [1.165, 1.54) is 0 Å². The molecule has 33 heavy (non-hydrogen) atoms. The maximum atomic E-state index is 12.6. The molecule has 2 aromatic rings. The van der Waals surface area contributed by atoms with E-state index >= 15 is 0 Å². The van der Waals surface area contributed by atoms with Gasteiger partial charge in [-0.2, -0.15) is 5.10 Å². The van der Waals surface area contributed by atoms with Crippen molar-refractivity contribution in [2.24, 2.45) is 5.73 Å². The van der Waals surface area contributed by atoms with Crippen molar-refractivity contribution >= 4 is 17.6 Å². The van der Waals surface area contributed by atoms with E-state index in [2.05, 4.69) is 17.5 Å². The summed E-state index contributed by atoms with van der Waals surface area (Å²) in [5.74, 6) is 0.0776. The van der Waals surface area contributed by atoms with Gasteiger partial charge in [-0.25, -0.2) is 4.68 Å². The predicted molar refractivity (Wildman–Crippen MR) is 127 cm³/mol. The number of primary amides is 1. The molecule has 0 aliphatic heterocycles. The topological polar surface area (TPSA) is 125 Å². The largest absolute Gasteiger partial charge is 0.496 e. The molecule has 0 spiro atoms. The minimum atomic E-state index is -0.545. The van der Waals surface area contributed by atoms with Crippen molar-refractivity contribution in [2.45, 2.75) is 51.0 Å². The molecular weight excluding hydrogens is 418 g/mol. The molecule has 8 heteroatoms. The van der Waals surface area contributed by atoms with Crippen molar-refractivity contribution in [3.63, 3.8) is 0 Å². The van der Waals surface area contributed by atoms with Gasteiger partial charge in [-0.1, -0.05) is 37.1 Å². The Kier molecular flexibility index (Phi) is 6.53. The Morgan fingerprint density at radius 3 is 2.64 bits per heavy atom. The van der Waals surface area contributed by atoms with Crippen LogP contribution in [0.1, 0.15) is 77.4 Å². The summed E-state index contributed by atoms with van der Waals surface area (Å²) < 4.78 is 7.08. The molecular formula is C25H31N5O3. The Bertz CT molecular complexity index is 1130. The fraction of sp³-hybridized carbons (Fsp3) is 0.400. The van der Waals surface area contributed by atoms with Gasteiger partial charge in [0, 0.05) is 12.5 Å². The first-order valence-corrected chi connectivity index (χ1v) is 11.4. The van der Waals surface area contributed by atoms with Crippen LogP contribution in [0.15, 0.2) is 47.6 Å². The number of hydrogen-bond donors (Lipinski definition) is 3. The number of aromatic nitrogens is 2. The molecule has 0 bridgehead atoms. The standard InChI is InChI=1S/C25H31N5O3/c1-15-13-16(22-21(24(27)31)23(26)30(29-22)18-7-3-4-8-18)11-12-17(15)14-28-25(32)19-9-5-6-10-20(19)33-2/h5-6,9-10,12-13,16,18H,3-4,7-8,11,14,26H2,1-2H3,(H2,27,31)(H,28,32). The third-order valence-corrected chi connectivity index (χ3v) is 6.61. The number of carbonyl (C=O) groups is 2. The van der Waals surface area contributed by atoms with Crippen molar-refractivity contribution in [2.75, 3.05) is 19.4 Å². The lowest BCUT2D eigenvalue weighted by molar-refractivity contribution is 0.0952. The number of methoxy groups -OCH3 is 1. The van der Waals surface area contributed by atoms with Crippen molar-refractivity contribution < 1.29 is 14.3 Å². The maximum Gasteiger partial charge on any atom is 0.255 e. The molecule has 0 saturated heterocycles. The normalized spacial score (nSPS) is 18.5. The number of carbonyl (C=O) groups excluding carboxylic acids is 2. The molecule has 4 rings (SSSR count). The van der Waals surface area contributed by atoms with Crippen LogP contribution in [0.4, 0.5) is 5.82 Å². The van der Waals surface area contributed by atoms with Gasteiger partial charge < -0.3 is 21.5 Å². The number of rotatable bonds is 7. The van der Waals surface area contributed by atoms with E-state index in [0.29, 0.717) is 41.4 Å². The highest BCUT2D eigenvalue weighted by molar-refractivity contribution is 5.99. The Labute approximate surface area is 193 Å². The highest BCUT2D eigenvalue weighted by Crippen LogP contribution is 2.37. The summed E-state index contributed by atoms with van der Waals surface area (Å²) in [6, 6.07) is 7.35. The molecule has 2 aliphatic carbocycles. The van der Waals surface area contributed by atoms with E-state index in [4.69, 9.17) is 21.3 Å². The van der Waals surface area contributed by atoms with Crippen molar-refractivity contribution in [3.8, 4) is 5.75 Å². The first-order valence-electron chi connectivity index (χ1n) is 11.4. The second-order valence-electron chi connectivity index (χ2n) is 8.70. The lowest BCUT2D eigenvalue weighted by Crippen LogP contribution is -2.27. The van der Waals surface area contributed by atoms with Gasteiger partial charge in [0.15, 0.2) is 0 Å².